The number of carbonyl (C=O) groups excluding carboxylic acids is 2. The van der Waals surface area contributed by atoms with Crippen molar-refractivity contribution in [2.45, 2.75) is 31.6 Å². The van der Waals surface area contributed by atoms with Crippen LogP contribution in [-0.4, -0.2) is 25.3 Å². The van der Waals surface area contributed by atoms with Gasteiger partial charge in [0.05, 0.1) is 18.2 Å². The molecule has 1 aliphatic carbocycles. The van der Waals surface area contributed by atoms with Gasteiger partial charge in [-0.15, -0.1) is 0 Å². The first-order valence-electron chi connectivity index (χ1n) is 6.63. The van der Waals surface area contributed by atoms with Crippen LogP contribution < -0.4 is 0 Å². The molecule has 1 saturated carbocycles. The van der Waals surface area contributed by atoms with Gasteiger partial charge < -0.3 is 4.74 Å². The average Bonchev–Trinajstić information content (AvgIpc) is 2.44. The summed E-state index contributed by atoms with van der Waals surface area (Å²) in [6.07, 6.45) is 1.36. The molecule has 1 fully saturated rings. The number of carbonyl (C=O) groups is 2. The third-order valence-electron chi connectivity index (χ3n) is 3.95. The Kier molecular flexibility index (Phi) is 4.01. The molecule has 0 atom stereocenters. The van der Waals surface area contributed by atoms with E-state index in [1.165, 1.54) is 7.11 Å². The van der Waals surface area contributed by atoms with Gasteiger partial charge in [-0.2, -0.15) is 5.26 Å². The summed E-state index contributed by atoms with van der Waals surface area (Å²) < 4.78 is 5.18. The van der Waals surface area contributed by atoms with Crippen LogP contribution in [0.5, 0.6) is 0 Å². The zero-order chi connectivity index (χ0) is 14.8. The molecule has 0 amide bonds. The van der Waals surface area contributed by atoms with Crippen molar-refractivity contribution in [3.8, 4) is 6.07 Å². The summed E-state index contributed by atoms with van der Waals surface area (Å²) >= 11 is 0. The molecule has 0 aromatic heterocycles. The van der Waals surface area contributed by atoms with Crippen molar-refractivity contribution < 1.29 is 14.3 Å². The van der Waals surface area contributed by atoms with Gasteiger partial charge >= 0.3 is 0 Å². The van der Waals surface area contributed by atoms with Crippen molar-refractivity contribution in [1.29, 1.82) is 5.26 Å². The lowest BCUT2D eigenvalue weighted by atomic mass is 9.66. The lowest BCUT2D eigenvalue weighted by Crippen LogP contribution is -2.50. The van der Waals surface area contributed by atoms with Crippen LogP contribution in [-0.2, 0) is 19.7 Å². The lowest BCUT2D eigenvalue weighted by molar-refractivity contribution is -0.140. The number of hydrogen-bond acceptors (Lipinski definition) is 4. The number of ketones is 2. The molecule has 0 aliphatic heterocycles. The number of Topliss-reactive ketones (excluding diaryl/α,β-unsaturated/α-hetero) is 2. The molecule has 4 heteroatoms. The second-order valence-electron chi connectivity index (χ2n) is 5.18. The molecule has 4 nitrogen and oxygen atoms in total. The van der Waals surface area contributed by atoms with Crippen LogP contribution in [0.3, 0.4) is 0 Å². The standard InChI is InChI=1S/C16H17NO3/c1-11-6-7-12(9-17)8-13(11)16(10-20-2)14(18)4-3-5-15(16)19/h6-8H,3-5,10H2,1-2H3. The molecule has 2 rings (SSSR count). The lowest BCUT2D eigenvalue weighted by Gasteiger charge is -2.35. The van der Waals surface area contributed by atoms with Crippen molar-refractivity contribution in [2.24, 2.45) is 0 Å². The number of aryl methyl sites for hydroxylation is 1. The number of benzene rings is 1. The number of nitriles is 1. The molecule has 1 aliphatic rings. The molecular weight excluding hydrogens is 254 g/mol. The van der Waals surface area contributed by atoms with E-state index < -0.39 is 5.41 Å². The van der Waals surface area contributed by atoms with Crippen LogP contribution in [0.2, 0.25) is 0 Å². The van der Waals surface area contributed by atoms with E-state index in [0.29, 0.717) is 30.4 Å². The highest BCUT2D eigenvalue weighted by molar-refractivity contribution is 6.14. The summed E-state index contributed by atoms with van der Waals surface area (Å²) in [5.74, 6) is -0.206. The highest BCUT2D eigenvalue weighted by atomic mass is 16.5. The average molecular weight is 271 g/mol. The van der Waals surface area contributed by atoms with Gasteiger partial charge in [0.15, 0.2) is 11.6 Å². The van der Waals surface area contributed by atoms with E-state index in [9.17, 15) is 9.59 Å². The number of ether oxygens (including phenoxy) is 1. The topological polar surface area (TPSA) is 67.2 Å². The highest BCUT2D eigenvalue weighted by Crippen LogP contribution is 2.36. The third-order valence-corrected chi connectivity index (χ3v) is 3.95. The van der Waals surface area contributed by atoms with Gasteiger partial charge in [-0.05, 0) is 36.6 Å². The molecule has 0 bridgehead atoms. The minimum absolute atomic E-state index is 0.0421. The fraction of sp³-hybridized carbons (Fsp3) is 0.438. The summed E-state index contributed by atoms with van der Waals surface area (Å²) in [4.78, 5) is 25.0. The Morgan fingerprint density at radius 2 is 1.95 bits per heavy atom. The van der Waals surface area contributed by atoms with Gasteiger partial charge in [0.2, 0.25) is 0 Å². The summed E-state index contributed by atoms with van der Waals surface area (Å²) in [5, 5.41) is 9.05. The van der Waals surface area contributed by atoms with Crippen LogP contribution in [0.25, 0.3) is 0 Å². The van der Waals surface area contributed by atoms with E-state index in [2.05, 4.69) is 6.07 Å². The number of nitrogens with zero attached hydrogens (tertiary/aromatic N) is 1. The van der Waals surface area contributed by atoms with Crippen molar-refractivity contribution in [3.05, 3.63) is 34.9 Å². The van der Waals surface area contributed by atoms with E-state index in [-0.39, 0.29) is 18.2 Å². The first kappa shape index (κ1) is 14.4. The maximum Gasteiger partial charge on any atom is 0.153 e. The quantitative estimate of drug-likeness (QED) is 0.789. The van der Waals surface area contributed by atoms with Crippen LogP contribution in [0, 0.1) is 18.3 Å². The smallest absolute Gasteiger partial charge is 0.153 e. The minimum Gasteiger partial charge on any atom is -0.383 e. The van der Waals surface area contributed by atoms with Gasteiger partial charge in [0.1, 0.15) is 5.41 Å². The van der Waals surface area contributed by atoms with Gasteiger partial charge in [-0.1, -0.05) is 6.07 Å². The highest BCUT2D eigenvalue weighted by Gasteiger charge is 2.49. The fourth-order valence-corrected chi connectivity index (χ4v) is 2.90. The Bertz CT molecular complexity index is 582. The predicted molar refractivity (Wildman–Crippen MR) is 73.3 cm³/mol. The van der Waals surface area contributed by atoms with Crippen molar-refractivity contribution in [2.75, 3.05) is 13.7 Å². The first-order chi connectivity index (χ1) is 9.56. The zero-order valence-corrected chi connectivity index (χ0v) is 11.7. The Morgan fingerprint density at radius 3 is 2.50 bits per heavy atom. The van der Waals surface area contributed by atoms with Gasteiger partial charge in [0, 0.05) is 20.0 Å². The maximum atomic E-state index is 12.5. The van der Waals surface area contributed by atoms with E-state index in [1.807, 2.05) is 6.92 Å². The normalized spacial score (nSPS) is 17.9. The van der Waals surface area contributed by atoms with Crippen LogP contribution in [0.4, 0.5) is 0 Å². The summed E-state index contributed by atoms with van der Waals surface area (Å²) in [6.45, 7) is 1.89. The molecule has 0 spiro atoms. The SMILES string of the molecule is COCC1(c2cc(C#N)ccc2C)C(=O)CCCC1=O. The second-order valence-corrected chi connectivity index (χ2v) is 5.18. The predicted octanol–water partition coefficient (Wildman–Crippen LogP) is 2.07. The van der Waals surface area contributed by atoms with E-state index in [0.717, 1.165) is 5.56 Å². The second kappa shape index (κ2) is 5.56. The molecule has 1 aromatic carbocycles. The van der Waals surface area contributed by atoms with Crippen LogP contribution in [0.1, 0.15) is 36.0 Å². The molecule has 104 valence electrons. The molecule has 0 unspecified atom stereocenters. The third kappa shape index (κ3) is 2.14. The summed E-state index contributed by atoms with van der Waals surface area (Å²) in [7, 11) is 1.49. The molecule has 20 heavy (non-hydrogen) atoms. The molecule has 0 saturated heterocycles. The van der Waals surface area contributed by atoms with Gasteiger partial charge in [-0.3, -0.25) is 9.59 Å². The van der Waals surface area contributed by atoms with Gasteiger partial charge in [0.25, 0.3) is 0 Å². The summed E-state index contributed by atoms with van der Waals surface area (Å²) in [5.41, 5.74) is 0.675. The Labute approximate surface area is 118 Å². The van der Waals surface area contributed by atoms with E-state index >= 15 is 0 Å². The molecule has 0 heterocycles. The van der Waals surface area contributed by atoms with Crippen molar-refractivity contribution >= 4 is 11.6 Å². The van der Waals surface area contributed by atoms with E-state index in [4.69, 9.17) is 10.00 Å². The number of hydrogen-bond donors (Lipinski definition) is 0. The fourth-order valence-electron chi connectivity index (χ4n) is 2.90. The molecule has 1 aromatic rings. The number of methoxy groups -OCH3 is 1. The maximum absolute atomic E-state index is 12.5. The largest absolute Gasteiger partial charge is 0.383 e. The molecular formula is C16H17NO3. The minimum atomic E-state index is -1.23. The Balaban J connectivity index is 2.67. The monoisotopic (exact) mass is 271 g/mol. The number of rotatable bonds is 3. The van der Waals surface area contributed by atoms with Crippen LogP contribution in [0.15, 0.2) is 18.2 Å². The first-order valence-corrected chi connectivity index (χ1v) is 6.63. The Morgan fingerprint density at radius 1 is 1.30 bits per heavy atom. The summed E-state index contributed by atoms with van der Waals surface area (Å²) in [6, 6.07) is 7.18. The zero-order valence-electron chi connectivity index (χ0n) is 11.7. The van der Waals surface area contributed by atoms with Crippen molar-refractivity contribution in [1.82, 2.24) is 0 Å². The van der Waals surface area contributed by atoms with Gasteiger partial charge in [-0.25, -0.2) is 0 Å². The van der Waals surface area contributed by atoms with E-state index in [1.54, 1.807) is 18.2 Å². The molecule has 0 N–H and O–H groups in total. The molecule has 0 radical (unpaired) electrons. The Hall–Kier alpha value is -1.99. The van der Waals surface area contributed by atoms with Crippen LogP contribution >= 0.6 is 0 Å². The van der Waals surface area contributed by atoms with Crippen molar-refractivity contribution in [3.63, 3.8) is 0 Å².